The van der Waals surface area contributed by atoms with Gasteiger partial charge in [0.1, 0.15) is 5.82 Å². The highest BCUT2D eigenvalue weighted by atomic mass is 16.6. The molecule has 19 heavy (non-hydrogen) atoms. The summed E-state index contributed by atoms with van der Waals surface area (Å²) in [7, 11) is 4.12. The number of hydrogen-bond acceptors (Lipinski definition) is 6. The van der Waals surface area contributed by atoms with Crippen LogP contribution in [-0.2, 0) is 0 Å². The van der Waals surface area contributed by atoms with Crippen LogP contribution in [0, 0.1) is 16.0 Å². The molecule has 2 unspecified atom stereocenters. The predicted octanol–water partition coefficient (Wildman–Crippen LogP) is 0.958. The highest BCUT2D eigenvalue weighted by Gasteiger charge is 2.32. The Bertz CT molecular complexity index is 491. The van der Waals surface area contributed by atoms with Gasteiger partial charge in [0.05, 0.1) is 4.92 Å². The monoisotopic (exact) mass is 265 g/mol. The fraction of sp³-hybridized carbons (Fsp3) is 0.583. The van der Waals surface area contributed by atoms with Gasteiger partial charge >= 0.3 is 5.69 Å². The van der Waals surface area contributed by atoms with Crippen LogP contribution >= 0.6 is 0 Å². The average Bonchev–Trinajstić information content (AvgIpc) is 2.70. The summed E-state index contributed by atoms with van der Waals surface area (Å²) in [6.45, 7) is 3.94. The second-order valence-corrected chi connectivity index (χ2v) is 5.24. The van der Waals surface area contributed by atoms with Gasteiger partial charge in [-0.15, -0.1) is 0 Å². The second-order valence-electron chi connectivity index (χ2n) is 5.24. The van der Waals surface area contributed by atoms with E-state index in [4.69, 9.17) is 5.73 Å². The molecule has 2 atom stereocenters. The van der Waals surface area contributed by atoms with Crippen LogP contribution in [0.5, 0.6) is 0 Å². The molecule has 2 rings (SSSR count). The number of likely N-dealkylation sites (N-methyl/N-ethyl adjacent to an activating group) is 1. The van der Waals surface area contributed by atoms with Crippen LogP contribution in [0.2, 0.25) is 0 Å². The maximum absolute atomic E-state index is 10.7. The lowest BCUT2D eigenvalue weighted by Gasteiger charge is -2.22. The summed E-state index contributed by atoms with van der Waals surface area (Å²) in [4.78, 5) is 18.7. The molecule has 0 bridgehead atoms. The third kappa shape index (κ3) is 2.60. The molecule has 1 saturated heterocycles. The van der Waals surface area contributed by atoms with Gasteiger partial charge in [0.15, 0.2) is 0 Å². The van der Waals surface area contributed by atoms with Crippen molar-refractivity contribution in [2.75, 3.05) is 37.8 Å². The fourth-order valence-corrected chi connectivity index (χ4v) is 2.60. The summed E-state index contributed by atoms with van der Waals surface area (Å²) in [6, 6.07) is 3.54. The number of anilines is 2. The van der Waals surface area contributed by atoms with E-state index in [9.17, 15) is 10.1 Å². The zero-order valence-corrected chi connectivity index (χ0v) is 11.4. The van der Waals surface area contributed by atoms with Crippen LogP contribution in [-0.4, -0.2) is 48.0 Å². The Kier molecular flexibility index (Phi) is 3.57. The lowest BCUT2D eigenvalue weighted by atomic mass is 10.1. The number of nitrogen functional groups attached to an aromatic ring is 1. The maximum Gasteiger partial charge on any atom is 0.311 e. The van der Waals surface area contributed by atoms with Gasteiger partial charge in [0, 0.05) is 25.2 Å². The third-order valence-corrected chi connectivity index (χ3v) is 3.64. The predicted molar refractivity (Wildman–Crippen MR) is 74.2 cm³/mol. The summed E-state index contributed by atoms with van der Waals surface area (Å²) in [6.07, 6.45) is 0. The Balaban J connectivity index is 2.20. The van der Waals surface area contributed by atoms with Crippen LogP contribution in [0.1, 0.15) is 6.92 Å². The van der Waals surface area contributed by atoms with E-state index in [2.05, 4.69) is 35.8 Å². The minimum absolute atomic E-state index is 0.0246. The van der Waals surface area contributed by atoms with Gasteiger partial charge in [-0.05, 0) is 26.1 Å². The number of nitro groups is 1. The number of aromatic nitrogens is 1. The standard InChI is InChI=1S/C12H19N5O2/c1-8-6-16(7-10(8)15(2)3)11-5-4-9(17(18)19)12(13)14-11/h4-5,8,10H,6-7H2,1-3H3,(H2,13,14). The number of pyridine rings is 1. The van der Waals surface area contributed by atoms with Crippen molar-refractivity contribution >= 4 is 17.3 Å². The summed E-state index contributed by atoms with van der Waals surface area (Å²) in [5.74, 6) is 1.20. The summed E-state index contributed by atoms with van der Waals surface area (Å²) in [5.41, 5.74) is 5.49. The van der Waals surface area contributed by atoms with E-state index in [0.717, 1.165) is 13.1 Å². The largest absolute Gasteiger partial charge is 0.378 e. The maximum atomic E-state index is 10.7. The first-order valence-electron chi connectivity index (χ1n) is 6.22. The van der Waals surface area contributed by atoms with Crippen molar-refractivity contribution in [3.63, 3.8) is 0 Å². The number of nitrogens with two attached hydrogens (primary N) is 1. The summed E-state index contributed by atoms with van der Waals surface area (Å²) in [5, 5.41) is 10.7. The van der Waals surface area contributed by atoms with Gasteiger partial charge in [-0.1, -0.05) is 6.92 Å². The van der Waals surface area contributed by atoms with Gasteiger partial charge < -0.3 is 15.5 Å². The first-order chi connectivity index (χ1) is 8.90. The van der Waals surface area contributed by atoms with E-state index in [1.165, 1.54) is 6.07 Å². The normalized spacial score (nSPS) is 23.1. The van der Waals surface area contributed by atoms with Gasteiger partial charge in [-0.3, -0.25) is 10.1 Å². The Morgan fingerprint density at radius 3 is 2.63 bits per heavy atom. The highest BCUT2D eigenvalue weighted by Crippen LogP contribution is 2.28. The van der Waals surface area contributed by atoms with E-state index in [1.54, 1.807) is 6.07 Å². The smallest absolute Gasteiger partial charge is 0.311 e. The topological polar surface area (TPSA) is 88.5 Å². The minimum Gasteiger partial charge on any atom is -0.378 e. The van der Waals surface area contributed by atoms with Crippen molar-refractivity contribution in [2.45, 2.75) is 13.0 Å². The molecule has 1 aliphatic heterocycles. The number of hydrogen-bond donors (Lipinski definition) is 1. The Labute approximate surface area is 112 Å². The SMILES string of the molecule is CC1CN(c2ccc([N+](=O)[O-])c(N)n2)CC1N(C)C. The van der Waals surface area contributed by atoms with Crippen molar-refractivity contribution in [2.24, 2.45) is 5.92 Å². The van der Waals surface area contributed by atoms with Gasteiger partial charge in [-0.25, -0.2) is 4.98 Å². The fourth-order valence-electron chi connectivity index (χ4n) is 2.60. The van der Waals surface area contributed by atoms with E-state index in [1.807, 2.05) is 0 Å². The van der Waals surface area contributed by atoms with Crippen LogP contribution in [0.4, 0.5) is 17.3 Å². The summed E-state index contributed by atoms with van der Waals surface area (Å²) < 4.78 is 0. The van der Waals surface area contributed by atoms with E-state index < -0.39 is 4.92 Å². The molecule has 1 aromatic heterocycles. The molecule has 0 aromatic carbocycles. The molecule has 7 nitrogen and oxygen atoms in total. The van der Waals surface area contributed by atoms with Crippen molar-refractivity contribution in [3.8, 4) is 0 Å². The van der Waals surface area contributed by atoms with Crippen LogP contribution in [0.25, 0.3) is 0 Å². The molecule has 0 spiro atoms. The average molecular weight is 265 g/mol. The molecule has 1 fully saturated rings. The van der Waals surface area contributed by atoms with Crippen LogP contribution < -0.4 is 10.6 Å². The molecule has 0 aliphatic carbocycles. The molecule has 1 aliphatic rings. The summed E-state index contributed by atoms with van der Waals surface area (Å²) >= 11 is 0. The highest BCUT2D eigenvalue weighted by molar-refractivity contribution is 5.58. The van der Waals surface area contributed by atoms with Gasteiger partial charge in [0.25, 0.3) is 0 Å². The molecule has 7 heteroatoms. The quantitative estimate of drug-likeness (QED) is 0.647. The van der Waals surface area contributed by atoms with Gasteiger partial charge in [-0.2, -0.15) is 0 Å². The molecule has 1 aromatic rings. The number of nitrogens with zero attached hydrogens (tertiary/aromatic N) is 4. The van der Waals surface area contributed by atoms with Crippen molar-refractivity contribution in [1.29, 1.82) is 0 Å². The molecular formula is C12H19N5O2. The molecule has 2 heterocycles. The van der Waals surface area contributed by atoms with Crippen LogP contribution in [0.15, 0.2) is 12.1 Å². The van der Waals surface area contributed by atoms with Crippen LogP contribution in [0.3, 0.4) is 0 Å². The molecule has 104 valence electrons. The molecule has 2 N–H and O–H groups in total. The first kappa shape index (κ1) is 13.5. The molecule has 0 radical (unpaired) electrons. The Morgan fingerprint density at radius 2 is 2.16 bits per heavy atom. The second kappa shape index (κ2) is 5.00. The van der Waals surface area contributed by atoms with E-state index in [-0.39, 0.29) is 11.5 Å². The zero-order chi connectivity index (χ0) is 14.2. The van der Waals surface area contributed by atoms with E-state index in [0.29, 0.717) is 17.8 Å². The van der Waals surface area contributed by atoms with Crippen molar-refractivity contribution in [1.82, 2.24) is 9.88 Å². The lowest BCUT2D eigenvalue weighted by Crippen LogP contribution is -2.34. The zero-order valence-electron chi connectivity index (χ0n) is 11.4. The van der Waals surface area contributed by atoms with E-state index >= 15 is 0 Å². The third-order valence-electron chi connectivity index (χ3n) is 3.64. The first-order valence-corrected chi connectivity index (χ1v) is 6.22. The molecular weight excluding hydrogens is 246 g/mol. The lowest BCUT2D eigenvalue weighted by molar-refractivity contribution is -0.384. The number of rotatable bonds is 3. The molecule has 0 saturated carbocycles. The van der Waals surface area contributed by atoms with Crippen molar-refractivity contribution < 1.29 is 4.92 Å². The Morgan fingerprint density at radius 1 is 1.47 bits per heavy atom. The minimum atomic E-state index is -0.513. The Hall–Kier alpha value is -1.89. The van der Waals surface area contributed by atoms with Gasteiger partial charge in [0.2, 0.25) is 5.82 Å². The molecule has 0 amide bonds. The van der Waals surface area contributed by atoms with Crippen molar-refractivity contribution in [3.05, 3.63) is 22.2 Å².